The van der Waals surface area contributed by atoms with Crippen LogP contribution in [-0.4, -0.2) is 19.9 Å². The number of anilines is 4. The lowest BCUT2D eigenvalue weighted by Gasteiger charge is -2.10. The molecule has 0 fully saturated rings. The average Bonchev–Trinajstić information content (AvgIpc) is 3.33. The lowest BCUT2D eigenvalue weighted by atomic mass is 10.1. The van der Waals surface area contributed by atoms with Crippen molar-refractivity contribution < 1.29 is 4.42 Å². The molecule has 166 valence electrons. The van der Waals surface area contributed by atoms with Crippen LogP contribution in [0.3, 0.4) is 0 Å². The topological polar surface area (TPSA) is 93.1 Å². The molecule has 0 unspecified atom stereocenters. The van der Waals surface area contributed by atoms with Crippen LogP contribution in [0.25, 0.3) is 38.4 Å². The molecule has 4 aromatic heterocycles. The third kappa shape index (κ3) is 4.10. The van der Waals surface area contributed by atoms with E-state index in [2.05, 4.69) is 35.4 Å². The first-order valence-corrected chi connectivity index (χ1v) is 10.8. The van der Waals surface area contributed by atoms with Crippen molar-refractivity contribution >= 4 is 50.6 Å². The molecule has 0 radical (unpaired) electrons. The monoisotopic (exact) mass is 455 g/mol. The summed E-state index contributed by atoms with van der Waals surface area (Å²) in [5, 5.41) is 7.59. The Labute approximate surface area is 200 Å². The lowest BCUT2D eigenvalue weighted by Crippen LogP contribution is -1.92. The van der Waals surface area contributed by atoms with Crippen LogP contribution in [0.5, 0.6) is 0 Å². The van der Waals surface area contributed by atoms with E-state index in [-0.39, 0.29) is 0 Å². The zero-order valence-corrected chi connectivity index (χ0v) is 18.3. The van der Waals surface area contributed by atoms with Gasteiger partial charge in [0.1, 0.15) is 0 Å². The van der Waals surface area contributed by atoms with Crippen LogP contribution in [0.1, 0.15) is 0 Å². The number of fused-ring (bicyclic) bond motifs is 2. The van der Waals surface area contributed by atoms with E-state index in [1.807, 2.05) is 60.7 Å². The molecule has 4 heterocycles. The van der Waals surface area contributed by atoms with E-state index in [0.717, 1.165) is 39.2 Å². The second kappa shape index (κ2) is 8.57. The summed E-state index contributed by atoms with van der Waals surface area (Å²) >= 11 is 0. The maximum Gasteiger partial charge on any atom is 0.228 e. The molecule has 6 aromatic rings. The maximum atomic E-state index is 7.28. The molecule has 0 aliphatic heterocycles. The molecule has 6 rings (SSSR count). The molecular weight excluding hydrogens is 438 g/mol. The Balaban J connectivity index is 1.25. The van der Waals surface area contributed by atoms with Crippen molar-refractivity contribution in [3.05, 3.63) is 103 Å². The first kappa shape index (κ1) is 20.3. The predicted octanol–water partition coefficient (Wildman–Crippen LogP) is 6.87. The van der Waals surface area contributed by atoms with E-state index in [1.165, 1.54) is 0 Å². The summed E-state index contributed by atoms with van der Waals surface area (Å²) in [6.07, 6.45) is 6.92. The molecule has 0 saturated heterocycles. The Morgan fingerprint density at radius 3 is 2.43 bits per heavy atom. The number of rotatable bonds is 5. The van der Waals surface area contributed by atoms with E-state index < -0.39 is 0 Å². The lowest BCUT2D eigenvalue weighted by molar-refractivity contribution is 0.620. The highest BCUT2D eigenvalue weighted by atomic mass is 16.3. The quantitative estimate of drug-likeness (QED) is 0.274. The molecule has 0 amide bonds. The second-order valence-corrected chi connectivity index (χ2v) is 7.80. The summed E-state index contributed by atoms with van der Waals surface area (Å²) in [5.74, 6) is 0.496. The zero-order valence-electron chi connectivity index (χ0n) is 18.3. The SMILES string of the molecule is [C-]#[N+]c1ccc2nccc(Nc3ccc(-c4nc5ncc(Nc6ccncc6)cc5o4)cc3)c2c1. The Morgan fingerprint density at radius 2 is 1.60 bits per heavy atom. The number of aromatic nitrogens is 4. The van der Waals surface area contributed by atoms with Gasteiger partial charge in [0.2, 0.25) is 5.89 Å². The first-order chi connectivity index (χ1) is 17.2. The van der Waals surface area contributed by atoms with Crippen LogP contribution in [-0.2, 0) is 0 Å². The summed E-state index contributed by atoms with van der Waals surface area (Å²) in [7, 11) is 0. The standard InChI is InChI=1S/C27H17N7O/c1-28-20-6-7-23-22(14-20)24(10-13-30-23)33-18-4-2-17(3-5-18)27-34-26-25(35-27)15-21(16-31-26)32-19-8-11-29-12-9-19/h2-16H,(H,29,32)(H,30,33). The summed E-state index contributed by atoms with van der Waals surface area (Å²) in [4.78, 5) is 20.9. The Bertz CT molecular complexity index is 1700. The van der Waals surface area contributed by atoms with Crippen molar-refractivity contribution in [2.75, 3.05) is 10.6 Å². The molecule has 8 heteroatoms. The molecule has 2 aromatic carbocycles. The van der Waals surface area contributed by atoms with Crippen LogP contribution < -0.4 is 10.6 Å². The van der Waals surface area contributed by atoms with Gasteiger partial charge in [-0.05, 0) is 54.6 Å². The highest BCUT2D eigenvalue weighted by Gasteiger charge is 2.11. The van der Waals surface area contributed by atoms with E-state index in [9.17, 15) is 0 Å². The second-order valence-electron chi connectivity index (χ2n) is 7.80. The van der Waals surface area contributed by atoms with Crippen LogP contribution in [0.15, 0.2) is 95.9 Å². The van der Waals surface area contributed by atoms with Gasteiger partial charge >= 0.3 is 0 Å². The third-order valence-corrected chi connectivity index (χ3v) is 5.48. The van der Waals surface area contributed by atoms with Crippen molar-refractivity contribution in [3.8, 4) is 11.5 Å². The van der Waals surface area contributed by atoms with Gasteiger partial charge in [-0.2, -0.15) is 4.98 Å². The Kier molecular flexibility index (Phi) is 4.98. The van der Waals surface area contributed by atoms with E-state index in [0.29, 0.717) is 22.8 Å². The minimum Gasteiger partial charge on any atom is -0.434 e. The summed E-state index contributed by atoms with van der Waals surface area (Å²) in [6, 6.07) is 20.8. The van der Waals surface area contributed by atoms with Gasteiger partial charge in [0.05, 0.1) is 24.0 Å². The van der Waals surface area contributed by atoms with Crippen LogP contribution in [0.4, 0.5) is 28.4 Å². The number of nitrogens with zero attached hydrogens (tertiary/aromatic N) is 5. The normalized spacial score (nSPS) is 10.8. The van der Waals surface area contributed by atoms with E-state index >= 15 is 0 Å². The Hall–Kier alpha value is -5.29. The van der Waals surface area contributed by atoms with Crippen LogP contribution in [0.2, 0.25) is 0 Å². The molecule has 0 aliphatic carbocycles. The smallest absolute Gasteiger partial charge is 0.228 e. The third-order valence-electron chi connectivity index (χ3n) is 5.48. The Morgan fingerprint density at radius 1 is 0.771 bits per heavy atom. The van der Waals surface area contributed by atoms with Crippen molar-refractivity contribution in [1.82, 2.24) is 19.9 Å². The van der Waals surface area contributed by atoms with Crippen molar-refractivity contribution in [1.29, 1.82) is 0 Å². The maximum absolute atomic E-state index is 7.28. The van der Waals surface area contributed by atoms with E-state index in [4.69, 9.17) is 11.0 Å². The minimum absolute atomic E-state index is 0.496. The molecule has 0 atom stereocenters. The molecule has 35 heavy (non-hydrogen) atoms. The van der Waals surface area contributed by atoms with Crippen LogP contribution in [0, 0.1) is 6.57 Å². The molecular formula is C27H17N7O. The van der Waals surface area contributed by atoms with Gasteiger partial charge in [0, 0.05) is 52.7 Å². The van der Waals surface area contributed by atoms with Gasteiger partial charge < -0.3 is 15.1 Å². The fourth-order valence-corrected chi connectivity index (χ4v) is 3.78. The summed E-state index contributed by atoms with van der Waals surface area (Å²) in [5.41, 5.74) is 6.88. The minimum atomic E-state index is 0.496. The van der Waals surface area contributed by atoms with E-state index in [1.54, 1.807) is 30.9 Å². The number of hydrogen-bond donors (Lipinski definition) is 2. The van der Waals surface area contributed by atoms with Crippen molar-refractivity contribution in [2.24, 2.45) is 0 Å². The fourth-order valence-electron chi connectivity index (χ4n) is 3.78. The number of oxazole rings is 1. The molecule has 8 nitrogen and oxygen atoms in total. The van der Waals surface area contributed by atoms with Gasteiger partial charge in [-0.15, -0.1) is 0 Å². The molecule has 0 spiro atoms. The fraction of sp³-hybridized carbons (Fsp3) is 0. The number of pyridine rings is 3. The number of benzene rings is 2. The highest BCUT2D eigenvalue weighted by molar-refractivity contribution is 5.95. The first-order valence-electron chi connectivity index (χ1n) is 10.8. The summed E-state index contributed by atoms with van der Waals surface area (Å²) in [6.45, 7) is 7.28. The number of hydrogen-bond acceptors (Lipinski definition) is 7. The zero-order chi connectivity index (χ0) is 23.6. The number of nitrogens with one attached hydrogen (secondary N) is 2. The van der Waals surface area contributed by atoms with Gasteiger partial charge in [0.15, 0.2) is 16.9 Å². The predicted molar refractivity (Wildman–Crippen MR) is 136 cm³/mol. The van der Waals surface area contributed by atoms with Gasteiger partial charge in [-0.1, -0.05) is 6.07 Å². The average molecular weight is 455 g/mol. The van der Waals surface area contributed by atoms with Gasteiger partial charge in [-0.3, -0.25) is 9.97 Å². The molecule has 0 saturated carbocycles. The van der Waals surface area contributed by atoms with Crippen molar-refractivity contribution in [2.45, 2.75) is 0 Å². The molecule has 2 N–H and O–H groups in total. The van der Waals surface area contributed by atoms with Crippen molar-refractivity contribution in [3.63, 3.8) is 0 Å². The largest absolute Gasteiger partial charge is 0.434 e. The molecule has 0 bridgehead atoms. The highest BCUT2D eigenvalue weighted by Crippen LogP contribution is 2.30. The summed E-state index contributed by atoms with van der Waals surface area (Å²) < 4.78 is 5.99. The van der Waals surface area contributed by atoms with Gasteiger partial charge in [-0.25, -0.2) is 9.83 Å². The van der Waals surface area contributed by atoms with Crippen LogP contribution >= 0.6 is 0 Å². The van der Waals surface area contributed by atoms with Gasteiger partial charge in [0.25, 0.3) is 0 Å². The molecule has 0 aliphatic rings.